The molecule has 0 atom stereocenters. The molecule has 0 bridgehead atoms. The lowest BCUT2D eigenvalue weighted by atomic mass is 9.73. The zero-order valence-electron chi connectivity index (χ0n) is 12.2. The average molecular weight is 293 g/mol. The van der Waals surface area contributed by atoms with E-state index in [-0.39, 0.29) is 0 Å². The van der Waals surface area contributed by atoms with Gasteiger partial charge in [0.1, 0.15) is 0 Å². The van der Waals surface area contributed by atoms with Crippen LogP contribution in [-0.2, 0) is 6.42 Å². The standard InChI is InChI=1S/C17H25ClN2/c18-16-4-2-15(3-5-16)6-11-20-12-8-17(9-13-20)7-1-10-19-14-17/h2-5,19H,1,6-14H2. The van der Waals surface area contributed by atoms with Gasteiger partial charge >= 0.3 is 0 Å². The van der Waals surface area contributed by atoms with E-state index in [1.54, 1.807) is 0 Å². The molecule has 0 saturated carbocycles. The number of benzene rings is 1. The Hall–Kier alpha value is -0.570. The van der Waals surface area contributed by atoms with Gasteiger partial charge in [0.2, 0.25) is 0 Å². The molecule has 2 aliphatic heterocycles. The van der Waals surface area contributed by atoms with Gasteiger partial charge in [-0.25, -0.2) is 0 Å². The lowest BCUT2D eigenvalue weighted by Crippen LogP contribution is -2.48. The minimum atomic E-state index is 0.620. The molecule has 20 heavy (non-hydrogen) atoms. The van der Waals surface area contributed by atoms with Crippen molar-refractivity contribution in [1.29, 1.82) is 0 Å². The summed E-state index contributed by atoms with van der Waals surface area (Å²) in [5.41, 5.74) is 2.02. The molecule has 1 aromatic rings. The topological polar surface area (TPSA) is 15.3 Å². The van der Waals surface area contributed by atoms with E-state index in [9.17, 15) is 0 Å². The molecule has 1 aromatic carbocycles. The summed E-state index contributed by atoms with van der Waals surface area (Å²) in [4.78, 5) is 2.63. The third-order valence-corrected chi connectivity index (χ3v) is 5.36. The number of hydrogen-bond donors (Lipinski definition) is 1. The molecule has 1 spiro atoms. The zero-order chi connectivity index (χ0) is 13.8. The van der Waals surface area contributed by atoms with Gasteiger partial charge in [-0.15, -0.1) is 0 Å². The van der Waals surface area contributed by atoms with Gasteiger partial charge in [0.15, 0.2) is 0 Å². The van der Waals surface area contributed by atoms with E-state index in [0.29, 0.717) is 5.41 Å². The molecule has 0 aliphatic carbocycles. The summed E-state index contributed by atoms with van der Waals surface area (Å²) in [6.45, 7) is 6.20. The van der Waals surface area contributed by atoms with Crippen LogP contribution in [0.1, 0.15) is 31.2 Å². The predicted molar refractivity (Wildman–Crippen MR) is 85.4 cm³/mol. The second-order valence-corrected chi connectivity index (χ2v) is 6.93. The van der Waals surface area contributed by atoms with E-state index in [1.807, 2.05) is 12.1 Å². The maximum Gasteiger partial charge on any atom is 0.0406 e. The van der Waals surface area contributed by atoms with Gasteiger partial charge in [-0.2, -0.15) is 0 Å². The summed E-state index contributed by atoms with van der Waals surface area (Å²) in [6.07, 6.45) is 6.69. The minimum absolute atomic E-state index is 0.620. The van der Waals surface area contributed by atoms with Crippen molar-refractivity contribution in [1.82, 2.24) is 10.2 Å². The Labute approximate surface area is 127 Å². The summed E-state index contributed by atoms with van der Waals surface area (Å²) in [6, 6.07) is 8.29. The molecule has 2 nitrogen and oxygen atoms in total. The predicted octanol–water partition coefficient (Wildman–Crippen LogP) is 3.35. The molecule has 1 N–H and O–H groups in total. The lowest BCUT2D eigenvalue weighted by Gasteiger charge is -2.44. The van der Waals surface area contributed by atoms with Gasteiger partial charge in [-0.3, -0.25) is 0 Å². The van der Waals surface area contributed by atoms with E-state index in [2.05, 4.69) is 22.3 Å². The second kappa shape index (κ2) is 6.46. The van der Waals surface area contributed by atoms with Gasteiger partial charge in [0.25, 0.3) is 0 Å². The molecular weight excluding hydrogens is 268 g/mol. The molecular formula is C17H25ClN2. The molecule has 2 heterocycles. The fraction of sp³-hybridized carbons (Fsp3) is 0.647. The molecule has 110 valence electrons. The maximum absolute atomic E-state index is 5.93. The van der Waals surface area contributed by atoms with Crippen molar-refractivity contribution >= 4 is 11.6 Å². The Balaban J connectivity index is 1.45. The number of rotatable bonds is 3. The molecule has 0 aromatic heterocycles. The van der Waals surface area contributed by atoms with Gasteiger partial charge in [-0.1, -0.05) is 23.7 Å². The summed E-state index contributed by atoms with van der Waals surface area (Å²) >= 11 is 5.93. The number of nitrogens with one attached hydrogen (secondary N) is 1. The summed E-state index contributed by atoms with van der Waals surface area (Å²) in [7, 11) is 0. The first-order valence-electron chi connectivity index (χ1n) is 7.93. The normalized spacial score (nSPS) is 23.1. The second-order valence-electron chi connectivity index (χ2n) is 6.50. The van der Waals surface area contributed by atoms with Crippen molar-refractivity contribution in [2.24, 2.45) is 5.41 Å². The maximum atomic E-state index is 5.93. The summed E-state index contributed by atoms with van der Waals surface area (Å²) in [5.74, 6) is 0. The number of piperidine rings is 2. The van der Waals surface area contributed by atoms with Crippen LogP contribution in [0.4, 0.5) is 0 Å². The number of halogens is 1. The third kappa shape index (κ3) is 3.55. The zero-order valence-corrected chi connectivity index (χ0v) is 13.0. The molecule has 0 amide bonds. The molecule has 3 heteroatoms. The lowest BCUT2D eigenvalue weighted by molar-refractivity contribution is 0.0796. The first kappa shape index (κ1) is 14.4. The van der Waals surface area contributed by atoms with Gasteiger partial charge in [-0.05, 0) is 74.8 Å². The van der Waals surface area contributed by atoms with E-state index < -0.39 is 0 Å². The van der Waals surface area contributed by atoms with Crippen molar-refractivity contribution in [2.75, 3.05) is 32.7 Å². The van der Waals surface area contributed by atoms with E-state index >= 15 is 0 Å². The Bertz CT molecular complexity index is 413. The summed E-state index contributed by atoms with van der Waals surface area (Å²) < 4.78 is 0. The highest BCUT2D eigenvalue weighted by molar-refractivity contribution is 6.30. The van der Waals surface area contributed by atoms with Crippen LogP contribution >= 0.6 is 11.6 Å². The first-order valence-corrected chi connectivity index (χ1v) is 8.31. The average Bonchev–Trinajstić information content (AvgIpc) is 2.49. The van der Waals surface area contributed by atoms with Crippen molar-refractivity contribution in [2.45, 2.75) is 32.1 Å². The molecule has 0 radical (unpaired) electrons. The van der Waals surface area contributed by atoms with Crippen LogP contribution in [-0.4, -0.2) is 37.6 Å². The van der Waals surface area contributed by atoms with Crippen molar-refractivity contribution in [3.05, 3.63) is 34.9 Å². The van der Waals surface area contributed by atoms with Crippen LogP contribution in [0.3, 0.4) is 0 Å². The molecule has 3 rings (SSSR count). The van der Waals surface area contributed by atoms with Crippen molar-refractivity contribution in [3.8, 4) is 0 Å². The minimum Gasteiger partial charge on any atom is -0.316 e. The Morgan fingerprint density at radius 3 is 2.50 bits per heavy atom. The van der Waals surface area contributed by atoms with Crippen LogP contribution in [0.5, 0.6) is 0 Å². The highest BCUT2D eigenvalue weighted by Crippen LogP contribution is 2.37. The monoisotopic (exact) mass is 292 g/mol. The highest BCUT2D eigenvalue weighted by Gasteiger charge is 2.35. The van der Waals surface area contributed by atoms with Crippen molar-refractivity contribution < 1.29 is 0 Å². The fourth-order valence-electron chi connectivity index (χ4n) is 3.65. The Morgan fingerprint density at radius 2 is 1.85 bits per heavy atom. The number of hydrogen-bond acceptors (Lipinski definition) is 2. The first-order chi connectivity index (χ1) is 9.76. The SMILES string of the molecule is Clc1ccc(CCN2CCC3(CCCNC3)CC2)cc1. The summed E-state index contributed by atoms with van der Waals surface area (Å²) in [5, 5.41) is 4.42. The van der Waals surface area contributed by atoms with Crippen LogP contribution < -0.4 is 5.32 Å². The third-order valence-electron chi connectivity index (χ3n) is 5.11. The van der Waals surface area contributed by atoms with Crippen LogP contribution in [0.2, 0.25) is 5.02 Å². The molecule has 2 fully saturated rings. The highest BCUT2D eigenvalue weighted by atomic mass is 35.5. The van der Waals surface area contributed by atoms with Gasteiger partial charge in [0.05, 0.1) is 0 Å². The van der Waals surface area contributed by atoms with Crippen molar-refractivity contribution in [3.63, 3.8) is 0 Å². The Morgan fingerprint density at radius 1 is 1.10 bits per heavy atom. The molecule has 2 saturated heterocycles. The van der Waals surface area contributed by atoms with Gasteiger partial charge < -0.3 is 10.2 Å². The molecule has 2 aliphatic rings. The number of likely N-dealkylation sites (tertiary alicyclic amines) is 1. The smallest absolute Gasteiger partial charge is 0.0406 e. The van der Waals surface area contributed by atoms with E-state index in [0.717, 1.165) is 11.4 Å². The van der Waals surface area contributed by atoms with Crippen LogP contribution in [0, 0.1) is 5.41 Å². The molecule has 0 unspecified atom stereocenters. The largest absolute Gasteiger partial charge is 0.316 e. The number of nitrogens with zero attached hydrogens (tertiary/aromatic N) is 1. The van der Waals surface area contributed by atoms with Crippen LogP contribution in [0.15, 0.2) is 24.3 Å². The van der Waals surface area contributed by atoms with Crippen LogP contribution in [0.25, 0.3) is 0 Å². The van der Waals surface area contributed by atoms with E-state index in [1.165, 1.54) is 64.0 Å². The Kier molecular flexibility index (Phi) is 4.65. The quantitative estimate of drug-likeness (QED) is 0.919. The van der Waals surface area contributed by atoms with Gasteiger partial charge in [0, 0.05) is 18.1 Å². The fourth-order valence-corrected chi connectivity index (χ4v) is 3.77. The van der Waals surface area contributed by atoms with E-state index in [4.69, 9.17) is 11.6 Å².